The Bertz CT molecular complexity index is 993. The summed E-state index contributed by atoms with van der Waals surface area (Å²) in [6.45, 7) is 0. The number of benzene rings is 2. The molecule has 1 aliphatic rings. The topological polar surface area (TPSA) is 102 Å². The van der Waals surface area contributed by atoms with Crippen LogP contribution in [0, 0.1) is 0 Å². The molecule has 0 bridgehead atoms. The van der Waals surface area contributed by atoms with E-state index in [2.05, 4.69) is 15.7 Å². The van der Waals surface area contributed by atoms with E-state index in [1.807, 2.05) is 35.0 Å². The number of carbonyl (C=O) groups is 2. The smallest absolute Gasteiger partial charge is 0.316 e. The standard InChI is InChI=1S/C20H19N5O2/c21-20(27)23-14-11-9-13(10-12-14)22-19(26)18-16-7-4-8-17(16)25(24-18)15-5-2-1-3-6-15/h1-3,5-6,9-12H,4,7-8H2,(H,22,26)(H3,21,23,27). The molecule has 4 rings (SSSR count). The maximum absolute atomic E-state index is 12.8. The lowest BCUT2D eigenvalue weighted by Crippen LogP contribution is -2.19. The first-order chi connectivity index (χ1) is 13.1. The first-order valence-electron chi connectivity index (χ1n) is 8.76. The molecule has 0 spiro atoms. The van der Waals surface area contributed by atoms with Gasteiger partial charge in [0.1, 0.15) is 0 Å². The van der Waals surface area contributed by atoms with Gasteiger partial charge in [0, 0.05) is 22.6 Å². The fourth-order valence-electron chi connectivity index (χ4n) is 3.37. The second-order valence-corrected chi connectivity index (χ2v) is 6.40. The molecule has 4 N–H and O–H groups in total. The first-order valence-corrected chi connectivity index (χ1v) is 8.76. The Hall–Kier alpha value is -3.61. The van der Waals surface area contributed by atoms with Crippen LogP contribution in [0.2, 0.25) is 0 Å². The van der Waals surface area contributed by atoms with Crippen LogP contribution in [0.1, 0.15) is 28.2 Å². The van der Waals surface area contributed by atoms with Crippen molar-refractivity contribution in [2.45, 2.75) is 19.3 Å². The second kappa shape index (κ2) is 6.95. The minimum Gasteiger partial charge on any atom is -0.351 e. The highest BCUT2D eigenvalue weighted by Gasteiger charge is 2.26. The van der Waals surface area contributed by atoms with Gasteiger partial charge >= 0.3 is 6.03 Å². The highest BCUT2D eigenvalue weighted by Crippen LogP contribution is 2.28. The summed E-state index contributed by atoms with van der Waals surface area (Å²) in [5.41, 5.74) is 9.82. The summed E-state index contributed by atoms with van der Waals surface area (Å²) in [5, 5.41) is 9.94. The highest BCUT2D eigenvalue weighted by molar-refractivity contribution is 6.04. The molecule has 0 saturated carbocycles. The second-order valence-electron chi connectivity index (χ2n) is 6.40. The maximum atomic E-state index is 12.8. The Labute approximate surface area is 156 Å². The average molecular weight is 361 g/mol. The number of rotatable bonds is 4. The number of aromatic nitrogens is 2. The minimum atomic E-state index is -0.631. The number of hydrogen-bond acceptors (Lipinski definition) is 3. The van der Waals surface area contributed by atoms with Crippen molar-refractivity contribution in [2.75, 3.05) is 10.6 Å². The molecular formula is C20H19N5O2. The predicted molar refractivity (Wildman–Crippen MR) is 103 cm³/mol. The molecule has 2 aromatic carbocycles. The summed E-state index contributed by atoms with van der Waals surface area (Å²) in [7, 11) is 0. The van der Waals surface area contributed by atoms with Gasteiger partial charge in [-0.1, -0.05) is 18.2 Å². The quantitative estimate of drug-likeness (QED) is 0.665. The molecule has 3 aromatic rings. The summed E-state index contributed by atoms with van der Waals surface area (Å²) in [5.74, 6) is -0.238. The summed E-state index contributed by atoms with van der Waals surface area (Å²) in [6.07, 6.45) is 2.79. The Morgan fingerprint density at radius 3 is 2.26 bits per heavy atom. The van der Waals surface area contributed by atoms with Crippen LogP contribution >= 0.6 is 0 Å². The average Bonchev–Trinajstić information content (AvgIpc) is 3.26. The van der Waals surface area contributed by atoms with Crippen molar-refractivity contribution in [1.82, 2.24) is 9.78 Å². The van der Waals surface area contributed by atoms with E-state index in [1.165, 1.54) is 0 Å². The van der Waals surface area contributed by atoms with E-state index in [0.717, 1.165) is 36.2 Å². The Morgan fingerprint density at radius 2 is 1.59 bits per heavy atom. The Kier molecular flexibility index (Phi) is 4.33. The van der Waals surface area contributed by atoms with Crippen LogP contribution < -0.4 is 16.4 Å². The number of primary amides is 1. The molecule has 7 heteroatoms. The van der Waals surface area contributed by atoms with Crippen LogP contribution in [0.5, 0.6) is 0 Å². The van der Waals surface area contributed by atoms with E-state index in [1.54, 1.807) is 24.3 Å². The van der Waals surface area contributed by atoms with Gasteiger partial charge < -0.3 is 16.4 Å². The van der Waals surface area contributed by atoms with Crippen LogP contribution in [0.4, 0.5) is 16.2 Å². The third-order valence-electron chi connectivity index (χ3n) is 4.56. The molecule has 0 unspecified atom stereocenters. The van der Waals surface area contributed by atoms with Crippen LogP contribution in [-0.4, -0.2) is 21.7 Å². The molecule has 3 amide bonds. The number of urea groups is 1. The number of hydrogen-bond donors (Lipinski definition) is 3. The zero-order valence-corrected chi connectivity index (χ0v) is 14.6. The van der Waals surface area contributed by atoms with Crippen molar-refractivity contribution in [1.29, 1.82) is 0 Å². The van der Waals surface area contributed by atoms with Crippen LogP contribution in [0.15, 0.2) is 54.6 Å². The van der Waals surface area contributed by atoms with Gasteiger partial charge in [-0.05, 0) is 55.7 Å². The molecule has 136 valence electrons. The van der Waals surface area contributed by atoms with Gasteiger partial charge in [-0.15, -0.1) is 0 Å². The summed E-state index contributed by atoms with van der Waals surface area (Å²) in [6, 6.07) is 16.0. The minimum absolute atomic E-state index is 0.238. The van der Waals surface area contributed by atoms with Crippen molar-refractivity contribution >= 4 is 23.3 Å². The van der Waals surface area contributed by atoms with Crippen molar-refractivity contribution in [3.63, 3.8) is 0 Å². The largest absolute Gasteiger partial charge is 0.351 e. The lowest BCUT2D eigenvalue weighted by Gasteiger charge is -2.06. The van der Waals surface area contributed by atoms with Gasteiger partial charge in [0.2, 0.25) is 0 Å². The van der Waals surface area contributed by atoms with Gasteiger partial charge in [0.15, 0.2) is 5.69 Å². The van der Waals surface area contributed by atoms with Gasteiger partial charge in [0.05, 0.1) is 5.69 Å². The third-order valence-corrected chi connectivity index (χ3v) is 4.56. The fraction of sp³-hybridized carbons (Fsp3) is 0.150. The number of amides is 3. The van der Waals surface area contributed by atoms with E-state index in [-0.39, 0.29) is 5.91 Å². The van der Waals surface area contributed by atoms with E-state index in [4.69, 9.17) is 5.73 Å². The summed E-state index contributed by atoms with van der Waals surface area (Å²) in [4.78, 5) is 23.7. The van der Waals surface area contributed by atoms with Gasteiger partial charge in [-0.3, -0.25) is 4.79 Å². The van der Waals surface area contributed by atoms with E-state index in [9.17, 15) is 9.59 Å². The molecular weight excluding hydrogens is 342 g/mol. The van der Waals surface area contributed by atoms with Crippen molar-refractivity contribution < 1.29 is 9.59 Å². The van der Waals surface area contributed by atoms with Crippen molar-refractivity contribution in [3.8, 4) is 5.69 Å². The van der Waals surface area contributed by atoms with Gasteiger partial charge in [-0.2, -0.15) is 5.10 Å². The molecule has 0 atom stereocenters. The molecule has 1 aromatic heterocycles. The monoisotopic (exact) mass is 361 g/mol. The number of para-hydroxylation sites is 1. The number of fused-ring (bicyclic) bond motifs is 1. The predicted octanol–water partition coefficient (Wildman–Crippen LogP) is 3.10. The normalized spacial score (nSPS) is 12.4. The Balaban J connectivity index is 1.58. The lowest BCUT2D eigenvalue weighted by molar-refractivity contribution is 0.102. The summed E-state index contributed by atoms with van der Waals surface area (Å²) >= 11 is 0. The lowest BCUT2D eigenvalue weighted by atomic mass is 10.2. The van der Waals surface area contributed by atoms with E-state index >= 15 is 0 Å². The molecule has 0 saturated heterocycles. The van der Waals surface area contributed by atoms with Crippen LogP contribution in [0.25, 0.3) is 5.69 Å². The number of anilines is 2. The SMILES string of the molecule is NC(=O)Nc1ccc(NC(=O)c2nn(-c3ccccc3)c3c2CCC3)cc1. The summed E-state index contributed by atoms with van der Waals surface area (Å²) < 4.78 is 1.87. The molecule has 0 aliphatic heterocycles. The molecule has 27 heavy (non-hydrogen) atoms. The Morgan fingerprint density at radius 1 is 0.926 bits per heavy atom. The molecule has 1 heterocycles. The number of nitrogens with zero attached hydrogens (tertiary/aromatic N) is 2. The van der Waals surface area contributed by atoms with Crippen molar-refractivity contribution in [2.24, 2.45) is 5.73 Å². The highest BCUT2D eigenvalue weighted by atomic mass is 16.2. The zero-order valence-electron chi connectivity index (χ0n) is 14.6. The molecule has 0 fully saturated rings. The number of nitrogens with two attached hydrogens (primary N) is 1. The van der Waals surface area contributed by atoms with Gasteiger partial charge in [0.25, 0.3) is 5.91 Å². The zero-order chi connectivity index (χ0) is 18.8. The van der Waals surface area contributed by atoms with Crippen LogP contribution in [-0.2, 0) is 12.8 Å². The van der Waals surface area contributed by atoms with Crippen molar-refractivity contribution in [3.05, 3.63) is 71.5 Å². The molecule has 7 nitrogen and oxygen atoms in total. The maximum Gasteiger partial charge on any atom is 0.316 e. The fourth-order valence-corrected chi connectivity index (χ4v) is 3.37. The molecule has 0 radical (unpaired) electrons. The first kappa shape index (κ1) is 16.8. The van der Waals surface area contributed by atoms with Gasteiger partial charge in [-0.25, -0.2) is 9.48 Å². The van der Waals surface area contributed by atoms with Crippen LogP contribution in [0.3, 0.4) is 0 Å². The van der Waals surface area contributed by atoms with E-state index < -0.39 is 6.03 Å². The number of nitrogens with one attached hydrogen (secondary N) is 2. The van der Waals surface area contributed by atoms with E-state index in [0.29, 0.717) is 17.1 Å². The molecule has 1 aliphatic carbocycles. The number of carbonyl (C=O) groups excluding carboxylic acids is 2. The third kappa shape index (κ3) is 3.39.